The topological polar surface area (TPSA) is 230 Å². The van der Waals surface area contributed by atoms with Crippen molar-refractivity contribution in [1.29, 1.82) is 0 Å². The summed E-state index contributed by atoms with van der Waals surface area (Å²) < 4.78 is 76.2. The average molecular weight is 761 g/mol. The third kappa shape index (κ3) is 6.96. The molecule has 0 amide bonds. The van der Waals surface area contributed by atoms with E-state index < -0.39 is 67.2 Å². The van der Waals surface area contributed by atoms with Gasteiger partial charge in [0.2, 0.25) is 0 Å². The molecule has 51 heavy (non-hydrogen) atoms. The Morgan fingerprint density at radius 2 is 1.76 bits per heavy atom. The molecule has 4 unspecified atom stereocenters. The third-order valence-corrected chi connectivity index (χ3v) is 14.2. The SMILES string of the molecule is COc1cc(OC)c(S(=O)(=O)O)cc1C1=C2C=CC(=O)C=C2[Si](C)(C)c2cc(OP(=O)(O)OCC3OC(n4ccc(=O)[nH]c4=O)CC3O)ccc21. The molecule has 3 aliphatic rings. The molecule has 6 rings (SSSR count). The maximum Gasteiger partial charge on any atom is 0.527 e. The molecule has 0 bridgehead atoms. The van der Waals surface area contributed by atoms with Crippen molar-refractivity contribution in [2.45, 2.75) is 42.8 Å². The van der Waals surface area contributed by atoms with Crippen molar-refractivity contribution in [1.82, 2.24) is 9.55 Å². The normalized spacial score (nSPS) is 22.1. The number of phosphoric acid groups is 1. The molecule has 1 saturated heterocycles. The summed E-state index contributed by atoms with van der Waals surface area (Å²) in [6.07, 6.45) is 2.41. The van der Waals surface area contributed by atoms with Gasteiger partial charge in [0.05, 0.1) is 26.9 Å². The highest BCUT2D eigenvalue weighted by atomic mass is 32.2. The highest BCUT2D eigenvalue weighted by Crippen LogP contribution is 2.48. The maximum absolute atomic E-state index is 13.2. The lowest BCUT2D eigenvalue weighted by Gasteiger charge is -2.38. The summed E-state index contributed by atoms with van der Waals surface area (Å²) in [6, 6.07) is 8.25. The van der Waals surface area contributed by atoms with Gasteiger partial charge in [0.1, 0.15) is 42.5 Å². The van der Waals surface area contributed by atoms with Gasteiger partial charge in [-0.1, -0.05) is 25.2 Å². The first-order valence-electron chi connectivity index (χ1n) is 15.3. The largest absolute Gasteiger partial charge is 0.527 e. The number of allylic oxidation sites excluding steroid dienone is 5. The van der Waals surface area contributed by atoms with E-state index in [4.69, 9.17) is 23.3 Å². The van der Waals surface area contributed by atoms with Crippen molar-refractivity contribution in [2.75, 3.05) is 20.8 Å². The molecule has 2 aliphatic heterocycles. The number of ketones is 1. The lowest BCUT2D eigenvalue weighted by Crippen LogP contribution is -2.49. The molecule has 270 valence electrons. The molecular formula is C32H33N2O14PSSi. The van der Waals surface area contributed by atoms with Crippen molar-refractivity contribution in [2.24, 2.45) is 0 Å². The second kappa shape index (κ2) is 13.3. The van der Waals surface area contributed by atoms with Crippen LogP contribution in [-0.2, 0) is 28.7 Å². The number of hydrogen-bond acceptors (Lipinski definition) is 12. The fourth-order valence-corrected chi connectivity index (χ4v) is 10.9. The predicted octanol–water partition coefficient (Wildman–Crippen LogP) is 1.98. The first-order valence-corrected chi connectivity index (χ1v) is 21.3. The molecule has 3 aromatic rings. The number of nitrogens with one attached hydrogen (secondary N) is 1. The van der Waals surface area contributed by atoms with E-state index in [0.29, 0.717) is 27.1 Å². The van der Waals surface area contributed by atoms with E-state index in [1.54, 1.807) is 18.2 Å². The van der Waals surface area contributed by atoms with Crippen LogP contribution in [0.1, 0.15) is 23.8 Å². The first kappa shape index (κ1) is 36.4. The number of nitrogens with zero attached hydrogens (tertiary/aromatic N) is 1. The van der Waals surface area contributed by atoms with Gasteiger partial charge in [-0.2, -0.15) is 8.42 Å². The average Bonchev–Trinajstić information content (AvgIpc) is 3.43. The monoisotopic (exact) mass is 760 g/mol. The molecule has 1 aromatic heterocycles. The first-order chi connectivity index (χ1) is 23.9. The van der Waals surface area contributed by atoms with E-state index in [9.17, 15) is 41.9 Å². The predicted molar refractivity (Wildman–Crippen MR) is 183 cm³/mol. The van der Waals surface area contributed by atoms with Crippen LogP contribution in [0.15, 0.2) is 86.1 Å². The standard InChI is InChI=1S/C32H33N2O14PSSi/c1-44-23-15-24(45-2)26(50(41,42)43)13-21(23)31-19-7-5-17(35)11-27(19)51(3,4)28-12-18(6-8-20(28)31)48-49(39,40)46-16-25-22(36)14-30(47-25)34-10-9-29(37)33-32(34)38/h5-13,15,22,25,30,36H,14,16H2,1-4H3,(H,39,40)(H,33,37,38)(H,41,42,43). The van der Waals surface area contributed by atoms with Crippen LogP contribution in [0.4, 0.5) is 0 Å². The highest BCUT2D eigenvalue weighted by Gasteiger charge is 2.42. The Kier molecular flexibility index (Phi) is 9.49. The molecule has 19 heteroatoms. The van der Waals surface area contributed by atoms with Crippen LogP contribution in [0.25, 0.3) is 5.57 Å². The molecule has 4 N–H and O–H groups in total. The summed E-state index contributed by atoms with van der Waals surface area (Å²) in [5.41, 5.74) is 0.589. The number of benzene rings is 2. The van der Waals surface area contributed by atoms with Crippen molar-refractivity contribution in [3.8, 4) is 17.2 Å². The molecular weight excluding hydrogens is 727 g/mol. The number of fused-ring (bicyclic) bond motifs is 2. The summed E-state index contributed by atoms with van der Waals surface area (Å²) in [5.74, 6) is -0.274. The zero-order chi connectivity index (χ0) is 37.0. The number of ether oxygens (including phenoxy) is 3. The smallest absolute Gasteiger partial charge is 0.496 e. The molecule has 0 saturated carbocycles. The quantitative estimate of drug-likeness (QED) is 0.132. The Morgan fingerprint density at radius 1 is 1.04 bits per heavy atom. The minimum Gasteiger partial charge on any atom is -0.496 e. The molecule has 16 nitrogen and oxygen atoms in total. The van der Waals surface area contributed by atoms with Gasteiger partial charge in [-0.15, -0.1) is 0 Å². The summed E-state index contributed by atoms with van der Waals surface area (Å²) in [5, 5.41) is 11.8. The number of rotatable bonds is 10. The number of H-pyrrole nitrogens is 1. The van der Waals surface area contributed by atoms with Crippen molar-refractivity contribution in [3.63, 3.8) is 0 Å². The Morgan fingerprint density at radius 3 is 2.43 bits per heavy atom. The highest BCUT2D eigenvalue weighted by molar-refractivity contribution is 7.86. The third-order valence-electron chi connectivity index (χ3n) is 8.89. The Balaban J connectivity index is 1.34. The van der Waals surface area contributed by atoms with E-state index in [-0.39, 0.29) is 35.0 Å². The minimum absolute atomic E-state index is 0.0583. The zero-order valence-corrected chi connectivity index (χ0v) is 30.3. The van der Waals surface area contributed by atoms with E-state index in [0.717, 1.165) is 10.6 Å². The lowest BCUT2D eigenvalue weighted by molar-refractivity contribution is -0.110. The van der Waals surface area contributed by atoms with E-state index in [1.165, 1.54) is 50.8 Å². The number of aromatic nitrogens is 2. The number of hydrogen-bond donors (Lipinski definition) is 4. The number of carbonyl (C=O) groups excluding carboxylic acids is 1. The molecule has 1 fully saturated rings. The maximum atomic E-state index is 13.2. The van der Waals surface area contributed by atoms with Crippen LogP contribution in [0.2, 0.25) is 13.1 Å². The van der Waals surface area contributed by atoms with Gasteiger partial charge < -0.3 is 23.8 Å². The Hall–Kier alpha value is -4.39. The van der Waals surface area contributed by atoms with Crippen LogP contribution in [0.3, 0.4) is 0 Å². The van der Waals surface area contributed by atoms with E-state index >= 15 is 0 Å². The van der Waals surface area contributed by atoms with Crippen LogP contribution in [0, 0.1) is 0 Å². The molecule has 4 atom stereocenters. The van der Waals surface area contributed by atoms with Crippen LogP contribution in [0.5, 0.6) is 17.2 Å². The number of aliphatic hydroxyl groups excluding tert-OH is 1. The van der Waals surface area contributed by atoms with Crippen LogP contribution < -0.4 is 30.4 Å². The van der Waals surface area contributed by atoms with Crippen molar-refractivity contribution < 1.29 is 55.6 Å². The Bertz CT molecular complexity index is 2330. The molecule has 0 spiro atoms. The summed E-state index contributed by atoms with van der Waals surface area (Å²) in [7, 11) is -9.77. The number of methoxy groups -OCH3 is 2. The van der Waals surface area contributed by atoms with Gasteiger partial charge in [0.25, 0.3) is 15.7 Å². The summed E-state index contributed by atoms with van der Waals surface area (Å²) in [6.45, 7) is 3.36. The molecule has 3 heterocycles. The van der Waals surface area contributed by atoms with Crippen LogP contribution in [-0.4, -0.2) is 79.4 Å². The fourth-order valence-electron chi connectivity index (χ4n) is 6.44. The van der Waals surface area contributed by atoms with E-state index in [1.807, 2.05) is 13.1 Å². The molecule has 2 aromatic carbocycles. The number of carbonyl (C=O) groups is 1. The van der Waals surface area contributed by atoms with Gasteiger partial charge in [-0.25, -0.2) is 9.36 Å². The minimum atomic E-state index is -4.85. The van der Waals surface area contributed by atoms with Gasteiger partial charge in [0, 0.05) is 30.3 Å². The lowest BCUT2D eigenvalue weighted by atomic mass is 9.89. The summed E-state index contributed by atoms with van der Waals surface area (Å²) >= 11 is 0. The van der Waals surface area contributed by atoms with E-state index in [2.05, 4.69) is 4.98 Å². The van der Waals surface area contributed by atoms with Gasteiger partial charge in [-0.3, -0.25) is 33.1 Å². The van der Waals surface area contributed by atoms with Gasteiger partial charge >= 0.3 is 13.5 Å². The molecule has 1 aliphatic carbocycles. The van der Waals surface area contributed by atoms with Crippen molar-refractivity contribution >= 4 is 42.6 Å². The number of phosphoric ester groups is 1. The van der Waals surface area contributed by atoms with Crippen molar-refractivity contribution in [3.05, 3.63) is 104 Å². The Labute approximate surface area is 291 Å². The van der Waals surface area contributed by atoms with Gasteiger partial charge in [0.15, 0.2) is 5.78 Å². The van der Waals surface area contributed by atoms with Crippen LogP contribution >= 0.6 is 7.82 Å². The second-order valence-corrected chi connectivity index (χ2v) is 19.5. The molecule has 0 radical (unpaired) electrons. The van der Waals surface area contributed by atoms with Gasteiger partial charge in [-0.05, 0) is 57.4 Å². The number of aliphatic hydroxyl groups is 1. The second-order valence-electron chi connectivity index (χ2n) is 12.4. The summed E-state index contributed by atoms with van der Waals surface area (Å²) in [4.78, 5) is 48.5. The zero-order valence-electron chi connectivity index (χ0n) is 27.6. The fraction of sp³-hybridized carbons (Fsp3) is 0.281. The number of aromatic amines is 1.